The monoisotopic (exact) mass is 196 g/mol. The molecule has 5 heteroatoms. The van der Waals surface area contributed by atoms with E-state index >= 15 is 0 Å². The number of aliphatic hydroxyl groups is 1. The number of nitrogens with two attached hydrogens (primary N) is 1. The van der Waals surface area contributed by atoms with Crippen molar-refractivity contribution in [3.8, 4) is 0 Å². The van der Waals surface area contributed by atoms with Gasteiger partial charge in [0.15, 0.2) is 0 Å². The number of hydrogen-bond donors (Lipinski definition) is 3. The highest BCUT2D eigenvalue weighted by molar-refractivity contribution is 5.29. The van der Waals surface area contributed by atoms with Crippen molar-refractivity contribution in [1.29, 1.82) is 0 Å². The quantitative estimate of drug-likeness (QED) is 0.619. The standard InChI is InChI=1S/C9H16N4O/c1-6(14)8(10)3-7-4-13-9(11-2)5-12-7/h4-6,8,14H,3,10H2,1-2H3,(H,11,13). The van der Waals surface area contributed by atoms with Gasteiger partial charge in [-0.25, -0.2) is 4.98 Å². The molecule has 1 rings (SSSR count). The maximum Gasteiger partial charge on any atom is 0.144 e. The molecule has 0 fully saturated rings. The van der Waals surface area contributed by atoms with Gasteiger partial charge in [0.25, 0.3) is 0 Å². The van der Waals surface area contributed by atoms with Crippen LogP contribution in [0, 0.1) is 0 Å². The molecule has 0 aliphatic heterocycles. The minimum atomic E-state index is -0.527. The van der Waals surface area contributed by atoms with Crippen LogP contribution in [0.2, 0.25) is 0 Å². The lowest BCUT2D eigenvalue weighted by Crippen LogP contribution is -2.34. The van der Waals surface area contributed by atoms with Crippen LogP contribution in [-0.4, -0.2) is 34.3 Å². The molecule has 2 unspecified atom stereocenters. The van der Waals surface area contributed by atoms with Gasteiger partial charge in [-0.05, 0) is 6.92 Å². The first-order chi connectivity index (χ1) is 6.63. The fourth-order valence-electron chi connectivity index (χ4n) is 1.00. The molecule has 1 aromatic rings. The van der Waals surface area contributed by atoms with Gasteiger partial charge in [0.1, 0.15) is 5.82 Å². The fraction of sp³-hybridized carbons (Fsp3) is 0.556. The van der Waals surface area contributed by atoms with Crippen LogP contribution in [0.25, 0.3) is 0 Å². The number of nitrogens with zero attached hydrogens (tertiary/aromatic N) is 2. The summed E-state index contributed by atoms with van der Waals surface area (Å²) in [5, 5.41) is 12.1. The molecule has 5 nitrogen and oxygen atoms in total. The molecule has 0 spiro atoms. The highest BCUT2D eigenvalue weighted by Gasteiger charge is 2.10. The summed E-state index contributed by atoms with van der Waals surface area (Å²) in [6, 6.07) is -0.287. The van der Waals surface area contributed by atoms with Gasteiger partial charge in [0, 0.05) is 19.5 Å². The molecule has 0 bridgehead atoms. The van der Waals surface area contributed by atoms with Crippen molar-refractivity contribution in [2.24, 2.45) is 5.73 Å². The Labute approximate surface area is 83.4 Å². The van der Waals surface area contributed by atoms with Crippen LogP contribution in [0.15, 0.2) is 12.4 Å². The van der Waals surface area contributed by atoms with Gasteiger partial charge in [-0.3, -0.25) is 4.98 Å². The first kappa shape index (κ1) is 10.9. The summed E-state index contributed by atoms with van der Waals surface area (Å²) in [6.45, 7) is 1.67. The average molecular weight is 196 g/mol. The van der Waals surface area contributed by atoms with Gasteiger partial charge in [-0.15, -0.1) is 0 Å². The maximum atomic E-state index is 9.20. The minimum absolute atomic E-state index is 0.287. The van der Waals surface area contributed by atoms with Crippen LogP contribution in [0.4, 0.5) is 5.82 Å². The first-order valence-electron chi connectivity index (χ1n) is 4.55. The highest BCUT2D eigenvalue weighted by Crippen LogP contribution is 2.03. The van der Waals surface area contributed by atoms with E-state index < -0.39 is 6.10 Å². The Kier molecular flexibility index (Phi) is 3.79. The second-order valence-corrected chi connectivity index (χ2v) is 3.25. The van der Waals surface area contributed by atoms with E-state index in [0.29, 0.717) is 6.42 Å². The van der Waals surface area contributed by atoms with Crippen molar-refractivity contribution in [2.45, 2.75) is 25.5 Å². The Morgan fingerprint density at radius 1 is 1.50 bits per heavy atom. The number of rotatable bonds is 4. The zero-order valence-corrected chi connectivity index (χ0v) is 8.44. The second kappa shape index (κ2) is 4.88. The average Bonchev–Trinajstić information content (AvgIpc) is 2.19. The smallest absolute Gasteiger partial charge is 0.144 e. The topological polar surface area (TPSA) is 84.1 Å². The number of aliphatic hydroxyl groups excluding tert-OH is 1. The molecule has 0 aromatic carbocycles. The molecule has 2 atom stereocenters. The van der Waals surface area contributed by atoms with E-state index in [1.54, 1.807) is 26.4 Å². The van der Waals surface area contributed by atoms with Crippen molar-refractivity contribution < 1.29 is 5.11 Å². The third-order valence-corrected chi connectivity index (χ3v) is 2.03. The lowest BCUT2D eigenvalue weighted by atomic mass is 10.1. The SMILES string of the molecule is CNc1cnc(CC(N)C(C)O)cn1. The number of aromatic nitrogens is 2. The largest absolute Gasteiger partial charge is 0.392 e. The lowest BCUT2D eigenvalue weighted by Gasteiger charge is -2.13. The summed E-state index contributed by atoms with van der Waals surface area (Å²) >= 11 is 0. The zero-order valence-electron chi connectivity index (χ0n) is 8.44. The Morgan fingerprint density at radius 2 is 2.21 bits per heavy atom. The van der Waals surface area contributed by atoms with E-state index in [-0.39, 0.29) is 6.04 Å². The third kappa shape index (κ3) is 2.93. The molecule has 1 heterocycles. The van der Waals surface area contributed by atoms with Crippen molar-refractivity contribution >= 4 is 5.82 Å². The summed E-state index contributed by atoms with van der Waals surface area (Å²) in [6.07, 6.45) is 3.31. The summed E-state index contributed by atoms with van der Waals surface area (Å²) in [5.74, 6) is 0.722. The van der Waals surface area contributed by atoms with E-state index in [2.05, 4.69) is 15.3 Å². The molecule has 0 radical (unpaired) electrons. The maximum absolute atomic E-state index is 9.20. The molecule has 0 saturated heterocycles. The minimum Gasteiger partial charge on any atom is -0.392 e. The molecule has 0 aliphatic carbocycles. The van der Waals surface area contributed by atoms with E-state index in [4.69, 9.17) is 5.73 Å². The highest BCUT2D eigenvalue weighted by atomic mass is 16.3. The number of anilines is 1. The van der Waals surface area contributed by atoms with E-state index in [1.807, 2.05) is 0 Å². The molecule has 78 valence electrons. The normalized spacial score (nSPS) is 14.9. The Hall–Kier alpha value is -1.20. The molecule has 4 N–H and O–H groups in total. The molecule has 0 amide bonds. The first-order valence-corrected chi connectivity index (χ1v) is 4.55. The summed E-state index contributed by atoms with van der Waals surface area (Å²) in [7, 11) is 1.78. The predicted molar refractivity (Wildman–Crippen MR) is 54.9 cm³/mol. The van der Waals surface area contributed by atoms with Crippen LogP contribution in [0.5, 0.6) is 0 Å². The molecule has 0 saturated carbocycles. The molecule has 0 aliphatic rings. The van der Waals surface area contributed by atoms with E-state index in [0.717, 1.165) is 11.5 Å². The summed E-state index contributed by atoms with van der Waals surface area (Å²) in [5.41, 5.74) is 6.47. The fourth-order valence-corrected chi connectivity index (χ4v) is 1.00. The van der Waals surface area contributed by atoms with Crippen LogP contribution in [-0.2, 0) is 6.42 Å². The van der Waals surface area contributed by atoms with Gasteiger partial charge >= 0.3 is 0 Å². The van der Waals surface area contributed by atoms with Crippen molar-refractivity contribution in [3.05, 3.63) is 18.1 Å². The van der Waals surface area contributed by atoms with Gasteiger partial charge in [-0.2, -0.15) is 0 Å². The third-order valence-electron chi connectivity index (χ3n) is 2.03. The zero-order chi connectivity index (χ0) is 10.6. The lowest BCUT2D eigenvalue weighted by molar-refractivity contribution is 0.162. The molecular weight excluding hydrogens is 180 g/mol. The van der Waals surface area contributed by atoms with Crippen LogP contribution in [0.3, 0.4) is 0 Å². The molecule has 1 aromatic heterocycles. The van der Waals surface area contributed by atoms with Gasteiger partial charge in [0.05, 0.1) is 24.2 Å². The van der Waals surface area contributed by atoms with Crippen molar-refractivity contribution in [1.82, 2.24) is 9.97 Å². The van der Waals surface area contributed by atoms with Crippen LogP contribution >= 0.6 is 0 Å². The van der Waals surface area contributed by atoms with E-state index in [9.17, 15) is 5.11 Å². The molecule has 14 heavy (non-hydrogen) atoms. The van der Waals surface area contributed by atoms with Gasteiger partial charge < -0.3 is 16.2 Å². The Morgan fingerprint density at radius 3 is 2.64 bits per heavy atom. The Balaban J connectivity index is 2.59. The van der Waals surface area contributed by atoms with Crippen LogP contribution < -0.4 is 11.1 Å². The second-order valence-electron chi connectivity index (χ2n) is 3.25. The summed E-state index contributed by atoms with van der Waals surface area (Å²) in [4.78, 5) is 8.25. The van der Waals surface area contributed by atoms with Crippen molar-refractivity contribution in [2.75, 3.05) is 12.4 Å². The Bertz CT molecular complexity index is 273. The predicted octanol–water partition coefficient (Wildman–Crippen LogP) is -0.231. The number of nitrogens with one attached hydrogen (secondary N) is 1. The number of hydrogen-bond acceptors (Lipinski definition) is 5. The van der Waals surface area contributed by atoms with Crippen LogP contribution in [0.1, 0.15) is 12.6 Å². The van der Waals surface area contributed by atoms with Gasteiger partial charge in [-0.1, -0.05) is 0 Å². The van der Waals surface area contributed by atoms with E-state index in [1.165, 1.54) is 0 Å². The summed E-state index contributed by atoms with van der Waals surface area (Å²) < 4.78 is 0. The molecular formula is C9H16N4O. The van der Waals surface area contributed by atoms with Crippen molar-refractivity contribution in [3.63, 3.8) is 0 Å². The van der Waals surface area contributed by atoms with Gasteiger partial charge in [0.2, 0.25) is 0 Å².